The van der Waals surface area contributed by atoms with Crippen molar-refractivity contribution in [3.8, 4) is 0 Å². The maximum absolute atomic E-state index is 9.48. The Labute approximate surface area is 109 Å². The summed E-state index contributed by atoms with van der Waals surface area (Å²) in [7, 11) is 0. The van der Waals surface area contributed by atoms with E-state index in [1.54, 1.807) is 37.7 Å². The molecular formula is C12H28N2O4. The molecule has 0 radical (unpaired) electrons. The summed E-state index contributed by atoms with van der Waals surface area (Å²) in [5.74, 6) is 0. The standard InChI is InChI=1S/C12H28N2O4/c1-9(15)5-13(6-10(2)16)14(7-11(3)17)8-12(4)18/h9-12,15-18H,5-8H2,1-4H3/t9-,10-,11-,12-/m1/s1. The fourth-order valence-electron chi connectivity index (χ4n) is 1.83. The SMILES string of the molecule is C[C@@H](O)CN(C[C@@H](C)O)N(C[C@@H](C)O)C[C@@H](C)O. The van der Waals surface area contributed by atoms with Gasteiger partial charge in [0.25, 0.3) is 0 Å². The Morgan fingerprint density at radius 3 is 0.833 bits per heavy atom. The van der Waals surface area contributed by atoms with Crippen LogP contribution in [0, 0.1) is 0 Å². The molecule has 110 valence electrons. The molecule has 6 heteroatoms. The molecule has 0 aliphatic rings. The monoisotopic (exact) mass is 264 g/mol. The topological polar surface area (TPSA) is 87.4 Å². The number of hydrogen-bond acceptors (Lipinski definition) is 6. The summed E-state index contributed by atoms with van der Waals surface area (Å²) in [5.41, 5.74) is 0. The largest absolute Gasteiger partial charge is 0.392 e. The first kappa shape index (κ1) is 17.8. The van der Waals surface area contributed by atoms with Crippen LogP contribution in [0.3, 0.4) is 0 Å². The molecule has 0 heterocycles. The van der Waals surface area contributed by atoms with Crippen molar-refractivity contribution in [2.75, 3.05) is 26.2 Å². The van der Waals surface area contributed by atoms with Gasteiger partial charge in [0, 0.05) is 26.2 Å². The average Bonchev–Trinajstić information content (AvgIpc) is 2.12. The Hall–Kier alpha value is -0.240. The fourth-order valence-corrected chi connectivity index (χ4v) is 1.83. The molecule has 0 aromatic carbocycles. The first-order valence-electron chi connectivity index (χ1n) is 6.44. The normalized spacial score (nSPS) is 19.0. The van der Waals surface area contributed by atoms with Crippen LogP contribution in [0.2, 0.25) is 0 Å². The molecule has 6 nitrogen and oxygen atoms in total. The molecular weight excluding hydrogens is 236 g/mol. The zero-order valence-electron chi connectivity index (χ0n) is 11.8. The smallest absolute Gasteiger partial charge is 0.0653 e. The number of aliphatic hydroxyl groups is 4. The Balaban J connectivity index is 4.69. The van der Waals surface area contributed by atoms with Crippen molar-refractivity contribution >= 4 is 0 Å². The van der Waals surface area contributed by atoms with Gasteiger partial charge in [-0.3, -0.25) is 0 Å². The summed E-state index contributed by atoms with van der Waals surface area (Å²) in [4.78, 5) is 0. The average molecular weight is 264 g/mol. The summed E-state index contributed by atoms with van der Waals surface area (Å²) in [6, 6.07) is 0. The van der Waals surface area contributed by atoms with Gasteiger partial charge in [0.1, 0.15) is 0 Å². The van der Waals surface area contributed by atoms with Gasteiger partial charge in [-0.05, 0) is 27.7 Å². The number of hydrogen-bond donors (Lipinski definition) is 4. The third kappa shape index (κ3) is 8.79. The molecule has 0 aromatic rings. The second-order valence-corrected chi connectivity index (χ2v) is 5.14. The van der Waals surface area contributed by atoms with Gasteiger partial charge < -0.3 is 20.4 Å². The van der Waals surface area contributed by atoms with Crippen molar-refractivity contribution in [2.45, 2.75) is 52.1 Å². The fraction of sp³-hybridized carbons (Fsp3) is 1.00. The van der Waals surface area contributed by atoms with Crippen LogP contribution >= 0.6 is 0 Å². The van der Waals surface area contributed by atoms with Gasteiger partial charge in [-0.15, -0.1) is 0 Å². The Morgan fingerprint density at radius 1 is 0.556 bits per heavy atom. The van der Waals surface area contributed by atoms with Crippen LogP contribution in [0.5, 0.6) is 0 Å². The molecule has 18 heavy (non-hydrogen) atoms. The molecule has 4 N–H and O–H groups in total. The highest BCUT2D eigenvalue weighted by molar-refractivity contribution is 4.68. The predicted octanol–water partition coefficient (Wildman–Crippen LogP) is -0.971. The van der Waals surface area contributed by atoms with E-state index < -0.39 is 24.4 Å². The summed E-state index contributed by atoms with van der Waals surface area (Å²) in [6.45, 7) is 8.06. The third-order valence-corrected chi connectivity index (χ3v) is 2.30. The zero-order valence-corrected chi connectivity index (χ0v) is 11.8. The lowest BCUT2D eigenvalue weighted by atomic mass is 10.3. The van der Waals surface area contributed by atoms with Crippen molar-refractivity contribution in [2.24, 2.45) is 0 Å². The van der Waals surface area contributed by atoms with E-state index in [0.29, 0.717) is 26.2 Å². The molecule has 0 saturated carbocycles. The maximum atomic E-state index is 9.48. The Morgan fingerprint density at radius 2 is 0.722 bits per heavy atom. The molecule has 0 amide bonds. The molecule has 0 rings (SSSR count). The number of rotatable bonds is 9. The van der Waals surface area contributed by atoms with Crippen LogP contribution in [0.15, 0.2) is 0 Å². The van der Waals surface area contributed by atoms with Crippen molar-refractivity contribution in [1.82, 2.24) is 10.0 Å². The molecule has 0 aliphatic carbocycles. The number of aliphatic hydroxyl groups excluding tert-OH is 4. The maximum Gasteiger partial charge on any atom is 0.0653 e. The van der Waals surface area contributed by atoms with Gasteiger partial charge in [0.15, 0.2) is 0 Å². The van der Waals surface area contributed by atoms with Gasteiger partial charge in [-0.1, -0.05) is 0 Å². The molecule has 0 saturated heterocycles. The van der Waals surface area contributed by atoms with Crippen LogP contribution in [0.25, 0.3) is 0 Å². The molecule has 0 aromatic heterocycles. The Kier molecular flexibility index (Phi) is 8.67. The van der Waals surface area contributed by atoms with Gasteiger partial charge in [-0.2, -0.15) is 0 Å². The summed E-state index contributed by atoms with van der Waals surface area (Å²) in [6.07, 6.45) is -2.19. The highest BCUT2D eigenvalue weighted by atomic mass is 16.3. The van der Waals surface area contributed by atoms with Crippen molar-refractivity contribution in [3.05, 3.63) is 0 Å². The number of hydrazine groups is 1. The second kappa shape index (κ2) is 8.79. The van der Waals surface area contributed by atoms with E-state index in [1.165, 1.54) is 0 Å². The van der Waals surface area contributed by atoms with E-state index in [1.807, 2.05) is 0 Å². The number of nitrogens with zero attached hydrogens (tertiary/aromatic N) is 2. The van der Waals surface area contributed by atoms with E-state index in [-0.39, 0.29) is 0 Å². The summed E-state index contributed by atoms with van der Waals surface area (Å²) < 4.78 is 0. The quantitative estimate of drug-likeness (QED) is 0.401. The Bertz CT molecular complexity index is 168. The van der Waals surface area contributed by atoms with Crippen LogP contribution in [-0.2, 0) is 0 Å². The van der Waals surface area contributed by atoms with E-state index in [9.17, 15) is 20.4 Å². The molecule has 0 fully saturated rings. The minimum Gasteiger partial charge on any atom is -0.392 e. The summed E-state index contributed by atoms with van der Waals surface area (Å²) >= 11 is 0. The molecule has 0 bridgehead atoms. The molecule has 0 aliphatic heterocycles. The van der Waals surface area contributed by atoms with Crippen LogP contribution in [0.4, 0.5) is 0 Å². The van der Waals surface area contributed by atoms with Gasteiger partial charge in [0.2, 0.25) is 0 Å². The molecule has 0 unspecified atom stereocenters. The van der Waals surface area contributed by atoms with Gasteiger partial charge >= 0.3 is 0 Å². The molecule has 4 atom stereocenters. The van der Waals surface area contributed by atoms with E-state index in [2.05, 4.69) is 0 Å². The zero-order chi connectivity index (χ0) is 14.3. The molecule has 0 spiro atoms. The van der Waals surface area contributed by atoms with Crippen molar-refractivity contribution < 1.29 is 20.4 Å². The first-order valence-corrected chi connectivity index (χ1v) is 6.44. The highest BCUT2D eigenvalue weighted by Crippen LogP contribution is 2.05. The van der Waals surface area contributed by atoms with Crippen LogP contribution in [-0.4, -0.2) is 81.0 Å². The van der Waals surface area contributed by atoms with Crippen molar-refractivity contribution in [1.29, 1.82) is 0 Å². The van der Waals surface area contributed by atoms with Crippen molar-refractivity contribution in [3.63, 3.8) is 0 Å². The van der Waals surface area contributed by atoms with E-state index in [4.69, 9.17) is 0 Å². The lowest BCUT2D eigenvalue weighted by Gasteiger charge is -2.38. The van der Waals surface area contributed by atoms with Crippen LogP contribution < -0.4 is 0 Å². The van der Waals surface area contributed by atoms with E-state index in [0.717, 1.165) is 0 Å². The highest BCUT2D eigenvalue weighted by Gasteiger charge is 2.21. The predicted molar refractivity (Wildman–Crippen MR) is 69.9 cm³/mol. The van der Waals surface area contributed by atoms with Crippen LogP contribution in [0.1, 0.15) is 27.7 Å². The van der Waals surface area contributed by atoms with E-state index >= 15 is 0 Å². The summed E-state index contributed by atoms with van der Waals surface area (Å²) in [5, 5.41) is 41.5. The lowest BCUT2D eigenvalue weighted by molar-refractivity contribution is -0.101. The second-order valence-electron chi connectivity index (χ2n) is 5.14. The minimum atomic E-state index is -0.547. The van der Waals surface area contributed by atoms with Gasteiger partial charge in [-0.25, -0.2) is 10.0 Å². The minimum absolute atomic E-state index is 0.352. The lowest BCUT2D eigenvalue weighted by Crippen LogP contribution is -2.53. The first-order chi connectivity index (χ1) is 8.22. The third-order valence-electron chi connectivity index (χ3n) is 2.30. The van der Waals surface area contributed by atoms with Gasteiger partial charge in [0.05, 0.1) is 24.4 Å².